The molecule has 3 nitrogen and oxygen atoms in total. The van der Waals surface area contributed by atoms with Crippen LogP contribution in [-0.4, -0.2) is 35.1 Å². The Morgan fingerprint density at radius 2 is 1.67 bits per heavy atom. The summed E-state index contributed by atoms with van der Waals surface area (Å²) in [5.74, 6) is -0.666. The Bertz CT molecular complexity index is 227. The molecule has 18 heavy (non-hydrogen) atoms. The summed E-state index contributed by atoms with van der Waals surface area (Å²) in [7, 11) is 0. The van der Waals surface area contributed by atoms with Crippen molar-refractivity contribution in [2.75, 3.05) is 13.1 Å². The van der Waals surface area contributed by atoms with Gasteiger partial charge in [-0.1, -0.05) is 45.4 Å². The lowest BCUT2D eigenvalue weighted by Crippen LogP contribution is -2.29. The lowest BCUT2D eigenvalue weighted by atomic mass is 10.1. The van der Waals surface area contributed by atoms with Crippen LogP contribution < -0.4 is 0 Å². The Morgan fingerprint density at radius 1 is 1.06 bits per heavy atom. The minimum atomic E-state index is -0.666. The Balaban J connectivity index is 1.98. The number of carbonyl (C=O) groups is 1. The maximum Gasteiger partial charge on any atom is 0.304 e. The predicted molar refractivity (Wildman–Crippen MR) is 74.8 cm³/mol. The Morgan fingerprint density at radius 3 is 2.22 bits per heavy atom. The molecule has 1 aliphatic rings. The number of nitrogens with zero attached hydrogens (tertiary/aromatic N) is 1. The van der Waals surface area contributed by atoms with E-state index in [1.807, 2.05) is 0 Å². The summed E-state index contributed by atoms with van der Waals surface area (Å²) in [6.45, 7) is 4.09. The minimum Gasteiger partial charge on any atom is -0.481 e. The largest absolute Gasteiger partial charge is 0.481 e. The minimum absolute atomic E-state index is 0.299. The van der Waals surface area contributed by atoms with Gasteiger partial charge in [0.15, 0.2) is 0 Å². The van der Waals surface area contributed by atoms with Crippen molar-refractivity contribution in [2.45, 2.75) is 77.2 Å². The molecule has 0 heterocycles. The first kappa shape index (κ1) is 15.5. The molecule has 0 aromatic heterocycles. The van der Waals surface area contributed by atoms with E-state index in [2.05, 4.69) is 11.8 Å². The molecule has 0 spiro atoms. The third-order valence-corrected chi connectivity index (χ3v) is 3.73. The first-order chi connectivity index (χ1) is 8.74. The SMILES string of the molecule is CCCCCCCCCN(CCC(=O)O)C1CC1. The van der Waals surface area contributed by atoms with Crippen molar-refractivity contribution in [1.82, 2.24) is 4.90 Å². The van der Waals surface area contributed by atoms with Crippen LogP contribution in [0, 0.1) is 0 Å². The monoisotopic (exact) mass is 255 g/mol. The van der Waals surface area contributed by atoms with Gasteiger partial charge in [-0.05, 0) is 25.8 Å². The Labute approximate surface area is 112 Å². The molecule has 0 aromatic rings. The molecule has 1 aliphatic carbocycles. The standard InChI is InChI=1S/C15H29NO2/c1-2-3-4-5-6-7-8-12-16(14-9-10-14)13-11-15(17)18/h14H,2-13H2,1H3,(H,17,18). The lowest BCUT2D eigenvalue weighted by molar-refractivity contribution is -0.137. The maximum atomic E-state index is 10.6. The van der Waals surface area contributed by atoms with Crippen LogP contribution in [0.1, 0.15) is 71.1 Å². The van der Waals surface area contributed by atoms with Crippen LogP contribution >= 0.6 is 0 Å². The fourth-order valence-electron chi connectivity index (χ4n) is 2.43. The van der Waals surface area contributed by atoms with E-state index in [4.69, 9.17) is 5.11 Å². The van der Waals surface area contributed by atoms with Gasteiger partial charge < -0.3 is 5.11 Å². The average molecular weight is 255 g/mol. The summed E-state index contributed by atoms with van der Waals surface area (Å²) < 4.78 is 0. The highest BCUT2D eigenvalue weighted by molar-refractivity contribution is 5.66. The topological polar surface area (TPSA) is 40.5 Å². The van der Waals surface area contributed by atoms with E-state index in [1.165, 1.54) is 57.8 Å². The van der Waals surface area contributed by atoms with E-state index in [1.54, 1.807) is 0 Å². The van der Waals surface area contributed by atoms with E-state index in [0.717, 1.165) is 13.1 Å². The number of rotatable bonds is 12. The zero-order valence-corrected chi connectivity index (χ0v) is 11.9. The smallest absolute Gasteiger partial charge is 0.304 e. The molecule has 0 amide bonds. The summed E-state index contributed by atoms with van der Waals surface area (Å²) in [6.07, 6.45) is 12.2. The van der Waals surface area contributed by atoms with Crippen LogP contribution in [0.4, 0.5) is 0 Å². The molecule has 1 saturated carbocycles. The summed E-state index contributed by atoms with van der Waals surface area (Å²) in [6, 6.07) is 0.699. The van der Waals surface area contributed by atoms with E-state index >= 15 is 0 Å². The first-order valence-corrected chi connectivity index (χ1v) is 7.70. The van der Waals surface area contributed by atoms with Gasteiger partial charge in [-0.25, -0.2) is 0 Å². The molecule has 0 atom stereocenters. The summed E-state index contributed by atoms with van der Waals surface area (Å²) >= 11 is 0. The molecule has 0 radical (unpaired) electrons. The van der Waals surface area contributed by atoms with Crippen molar-refractivity contribution >= 4 is 5.97 Å². The van der Waals surface area contributed by atoms with Gasteiger partial charge in [0.2, 0.25) is 0 Å². The number of carboxylic acids is 1. The quantitative estimate of drug-likeness (QED) is 0.541. The van der Waals surface area contributed by atoms with Crippen LogP contribution in [0.3, 0.4) is 0 Å². The number of carboxylic acid groups (broad SMARTS) is 1. The summed E-state index contributed by atoms with van der Waals surface area (Å²) in [4.78, 5) is 13.0. The third kappa shape index (κ3) is 7.70. The van der Waals surface area contributed by atoms with Gasteiger partial charge in [-0.3, -0.25) is 9.69 Å². The number of unbranched alkanes of at least 4 members (excludes halogenated alkanes) is 6. The lowest BCUT2D eigenvalue weighted by Gasteiger charge is -2.20. The van der Waals surface area contributed by atoms with Crippen molar-refractivity contribution < 1.29 is 9.90 Å². The first-order valence-electron chi connectivity index (χ1n) is 7.70. The second-order valence-electron chi connectivity index (χ2n) is 5.53. The maximum absolute atomic E-state index is 10.6. The van der Waals surface area contributed by atoms with Crippen molar-refractivity contribution in [1.29, 1.82) is 0 Å². The molecule has 0 bridgehead atoms. The number of hydrogen-bond acceptors (Lipinski definition) is 2. The molecule has 0 saturated heterocycles. The highest BCUT2D eigenvalue weighted by Crippen LogP contribution is 2.27. The second kappa shape index (κ2) is 9.37. The van der Waals surface area contributed by atoms with Crippen LogP contribution in [0.5, 0.6) is 0 Å². The molecular weight excluding hydrogens is 226 g/mol. The molecule has 1 fully saturated rings. The number of aliphatic carboxylic acids is 1. The second-order valence-corrected chi connectivity index (χ2v) is 5.53. The summed E-state index contributed by atoms with van der Waals surface area (Å²) in [5.41, 5.74) is 0. The third-order valence-electron chi connectivity index (χ3n) is 3.73. The van der Waals surface area contributed by atoms with Gasteiger partial charge in [-0.2, -0.15) is 0 Å². The van der Waals surface area contributed by atoms with Crippen LogP contribution in [0.25, 0.3) is 0 Å². The van der Waals surface area contributed by atoms with Gasteiger partial charge in [0.1, 0.15) is 0 Å². The van der Waals surface area contributed by atoms with E-state index in [0.29, 0.717) is 12.5 Å². The molecular formula is C15H29NO2. The van der Waals surface area contributed by atoms with Crippen molar-refractivity contribution in [2.24, 2.45) is 0 Å². The highest BCUT2D eigenvalue weighted by Gasteiger charge is 2.28. The normalized spacial score (nSPS) is 15.2. The molecule has 0 aromatic carbocycles. The molecule has 106 valence electrons. The fraction of sp³-hybridized carbons (Fsp3) is 0.933. The molecule has 0 aliphatic heterocycles. The zero-order valence-electron chi connectivity index (χ0n) is 11.9. The van der Waals surface area contributed by atoms with Gasteiger partial charge in [0.05, 0.1) is 6.42 Å². The van der Waals surface area contributed by atoms with Crippen LogP contribution in [0.15, 0.2) is 0 Å². The Kier molecular flexibility index (Phi) is 8.06. The molecule has 1 rings (SSSR count). The van der Waals surface area contributed by atoms with E-state index in [9.17, 15) is 4.79 Å². The van der Waals surface area contributed by atoms with Crippen LogP contribution in [-0.2, 0) is 4.79 Å². The predicted octanol–water partition coefficient (Wildman–Crippen LogP) is 3.68. The van der Waals surface area contributed by atoms with Crippen molar-refractivity contribution in [3.8, 4) is 0 Å². The molecule has 1 N–H and O–H groups in total. The van der Waals surface area contributed by atoms with Crippen molar-refractivity contribution in [3.63, 3.8) is 0 Å². The van der Waals surface area contributed by atoms with Gasteiger partial charge in [0.25, 0.3) is 0 Å². The fourth-order valence-corrected chi connectivity index (χ4v) is 2.43. The molecule has 3 heteroatoms. The van der Waals surface area contributed by atoms with Crippen molar-refractivity contribution in [3.05, 3.63) is 0 Å². The van der Waals surface area contributed by atoms with E-state index in [-0.39, 0.29) is 0 Å². The van der Waals surface area contributed by atoms with Gasteiger partial charge in [-0.15, -0.1) is 0 Å². The van der Waals surface area contributed by atoms with Gasteiger partial charge in [0, 0.05) is 12.6 Å². The zero-order chi connectivity index (χ0) is 13.2. The van der Waals surface area contributed by atoms with E-state index < -0.39 is 5.97 Å². The molecule has 0 unspecified atom stereocenters. The van der Waals surface area contributed by atoms with Crippen LogP contribution in [0.2, 0.25) is 0 Å². The number of hydrogen-bond donors (Lipinski definition) is 1. The summed E-state index contributed by atoms with van der Waals surface area (Å²) in [5, 5.41) is 8.73. The Hall–Kier alpha value is -0.570. The van der Waals surface area contributed by atoms with Gasteiger partial charge >= 0.3 is 5.97 Å². The highest BCUT2D eigenvalue weighted by atomic mass is 16.4. The average Bonchev–Trinajstić information content (AvgIpc) is 3.15.